The number of nitrogens with one attached hydrogen (secondary N) is 1. The third-order valence-electron chi connectivity index (χ3n) is 5.36. The van der Waals surface area contributed by atoms with E-state index in [1.165, 1.54) is 0 Å². The van der Waals surface area contributed by atoms with Crippen LogP contribution in [0.2, 0.25) is 5.02 Å². The van der Waals surface area contributed by atoms with Crippen LogP contribution in [0.3, 0.4) is 0 Å². The summed E-state index contributed by atoms with van der Waals surface area (Å²) in [6.07, 6.45) is 3.54. The van der Waals surface area contributed by atoms with Gasteiger partial charge in [0.05, 0.1) is 31.4 Å². The van der Waals surface area contributed by atoms with Crippen LogP contribution in [0.25, 0.3) is 0 Å². The minimum atomic E-state index is -0.238. The van der Waals surface area contributed by atoms with Crippen molar-refractivity contribution in [1.29, 1.82) is 0 Å². The van der Waals surface area contributed by atoms with Crippen LogP contribution in [-0.4, -0.2) is 58.1 Å². The highest BCUT2D eigenvalue weighted by Gasteiger charge is 2.33. The highest BCUT2D eigenvalue weighted by Crippen LogP contribution is 2.30. The maximum atomic E-state index is 13.1. The lowest BCUT2D eigenvalue weighted by atomic mass is 10.1. The molecule has 1 N–H and O–H groups in total. The fraction of sp³-hybridized carbons (Fsp3) is 0.526. The minimum Gasteiger partial charge on any atom is -0.369 e. The number of rotatable bonds is 3. The number of piperidine rings is 1. The van der Waals surface area contributed by atoms with Gasteiger partial charge in [0.2, 0.25) is 0 Å². The summed E-state index contributed by atoms with van der Waals surface area (Å²) in [5.41, 5.74) is 1.29. The second kappa shape index (κ2) is 7.96. The lowest BCUT2D eigenvalue weighted by molar-refractivity contribution is -0.0488. The topological polar surface area (TPSA) is 72.3 Å². The predicted octanol–water partition coefficient (Wildman–Crippen LogP) is 2.46. The molecule has 4 rings (SSSR count). The van der Waals surface area contributed by atoms with Gasteiger partial charge in [-0.25, -0.2) is 4.68 Å². The Kier molecular flexibility index (Phi) is 5.43. The van der Waals surface area contributed by atoms with Gasteiger partial charge in [-0.15, -0.1) is 5.10 Å². The summed E-state index contributed by atoms with van der Waals surface area (Å²) in [6, 6.07) is 7.88. The molecule has 0 spiro atoms. The fourth-order valence-corrected chi connectivity index (χ4v) is 3.99. The summed E-state index contributed by atoms with van der Waals surface area (Å²) in [5, 5.41) is 12.4. The molecule has 7 nitrogen and oxygen atoms in total. The first-order valence-electron chi connectivity index (χ1n) is 9.43. The average Bonchev–Trinajstić information content (AvgIpc) is 3.19. The van der Waals surface area contributed by atoms with Crippen LogP contribution in [0, 0.1) is 0 Å². The number of aromatic nitrogens is 3. The Morgan fingerprint density at radius 3 is 2.85 bits per heavy atom. The average molecular weight is 390 g/mol. The zero-order chi connectivity index (χ0) is 18.8. The Balaban J connectivity index is 1.50. The first kappa shape index (κ1) is 18.4. The number of carbonyl (C=O) groups excluding carboxylic acids is 1. The number of hydrogen-bond donors (Lipinski definition) is 1. The molecule has 2 aromatic rings. The van der Waals surface area contributed by atoms with Gasteiger partial charge < -0.3 is 15.0 Å². The smallest absolute Gasteiger partial charge is 0.276 e. The Labute approximate surface area is 163 Å². The molecule has 27 heavy (non-hydrogen) atoms. The van der Waals surface area contributed by atoms with Gasteiger partial charge in [0.15, 0.2) is 5.69 Å². The lowest BCUT2D eigenvalue weighted by Crippen LogP contribution is -2.48. The number of amides is 1. The number of carbonyl (C=O) groups is 1. The minimum absolute atomic E-state index is 0.0275. The van der Waals surface area contributed by atoms with E-state index < -0.39 is 0 Å². The van der Waals surface area contributed by atoms with E-state index in [9.17, 15) is 4.79 Å². The van der Waals surface area contributed by atoms with E-state index in [0.29, 0.717) is 29.9 Å². The van der Waals surface area contributed by atoms with Crippen LogP contribution in [0.5, 0.6) is 0 Å². The van der Waals surface area contributed by atoms with E-state index in [0.717, 1.165) is 31.5 Å². The van der Waals surface area contributed by atoms with Crippen LogP contribution >= 0.6 is 11.6 Å². The standard InChI is InChI=1S/C19H24ClN5O2/c1-13-12-27-18(15-4-2-3-5-16(15)20)11-24(13)19(26)17-10-25(23-22-17)14-6-8-21-9-7-14/h2-5,10,13-14,18,21H,6-9,11-12H2,1H3. The van der Waals surface area contributed by atoms with E-state index in [1.807, 2.05) is 40.8 Å². The predicted molar refractivity (Wildman–Crippen MR) is 102 cm³/mol. The van der Waals surface area contributed by atoms with Crippen molar-refractivity contribution in [3.8, 4) is 0 Å². The van der Waals surface area contributed by atoms with E-state index >= 15 is 0 Å². The molecule has 2 aliphatic heterocycles. The summed E-state index contributed by atoms with van der Waals surface area (Å²) in [6.45, 7) is 4.83. The van der Waals surface area contributed by atoms with Gasteiger partial charge in [0.25, 0.3) is 5.91 Å². The highest BCUT2D eigenvalue weighted by molar-refractivity contribution is 6.31. The number of nitrogens with zero attached hydrogens (tertiary/aromatic N) is 4. The molecule has 2 unspecified atom stereocenters. The summed E-state index contributed by atoms with van der Waals surface area (Å²) in [7, 11) is 0. The maximum Gasteiger partial charge on any atom is 0.276 e. The number of hydrogen-bond acceptors (Lipinski definition) is 5. The van der Waals surface area contributed by atoms with E-state index in [4.69, 9.17) is 16.3 Å². The maximum absolute atomic E-state index is 13.1. The summed E-state index contributed by atoms with van der Waals surface area (Å²) in [4.78, 5) is 14.9. The molecule has 1 aromatic carbocycles. The molecule has 0 radical (unpaired) electrons. The fourth-order valence-electron chi connectivity index (χ4n) is 3.74. The first-order chi connectivity index (χ1) is 13.1. The largest absolute Gasteiger partial charge is 0.369 e. The van der Waals surface area contributed by atoms with E-state index in [1.54, 1.807) is 6.20 Å². The van der Waals surface area contributed by atoms with E-state index in [2.05, 4.69) is 15.6 Å². The summed E-state index contributed by atoms with van der Waals surface area (Å²) in [5.74, 6) is -0.108. The second-order valence-electron chi connectivity index (χ2n) is 7.21. The Bertz CT molecular complexity index is 805. The van der Waals surface area contributed by atoms with Crippen molar-refractivity contribution in [2.45, 2.75) is 38.0 Å². The molecule has 8 heteroatoms. The molecule has 2 fully saturated rings. The molecule has 2 atom stereocenters. The normalized spacial score (nSPS) is 24.1. The molecule has 2 saturated heterocycles. The van der Waals surface area contributed by atoms with E-state index in [-0.39, 0.29) is 18.1 Å². The molecule has 1 amide bonds. The van der Waals surface area contributed by atoms with Crippen molar-refractivity contribution in [3.63, 3.8) is 0 Å². The van der Waals surface area contributed by atoms with Crippen molar-refractivity contribution in [1.82, 2.24) is 25.2 Å². The van der Waals surface area contributed by atoms with Gasteiger partial charge in [0.1, 0.15) is 6.10 Å². The van der Waals surface area contributed by atoms with Crippen molar-refractivity contribution in [2.24, 2.45) is 0 Å². The van der Waals surface area contributed by atoms with Gasteiger partial charge in [0, 0.05) is 10.6 Å². The number of ether oxygens (including phenoxy) is 1. The zero-order valence-electron chi connectivity index (χ0n) is 15.3. The van der Waals surface area contributed by atoms with Gasteiger partial charge in [-0.1, -0.05) is 35.0 Å². The van der Waals surface area contributed by atoms with Crippen LogP contribution in [0.15, 0.2) is 30.5 Å². The summed E-state index contributed by atoms with van der Waals surface area (Å²) >= 11 is 6.31. The SMILES string of the molecule is CC1COC(c2ccccc2Cl)CN1C(=O)c1cn(C2CCNCC2)nn1. The Morgan fingerprint density at radius 2 is 2.07 bits per heavy atom. The van der Waals surface area contributed by atoms with Crippen molar-refractivity contribution in [2.75, 3.05) is 26.2 Å². The Morgan fingerprint density at radius 1 is 1.30 bits per heavy atom. The number of halogens is 1. The molecule has 0 bridgehead atoms. The van der Waals surface area contributed by atoms with Crippen molar-refractivity contribution >= 4 is 17.5 Å². The van der Waals surface area contributed by atoms with Gasteiger partial charge in [-0.2, -0.15) is 0 Å². The van der Waals surface area contributed by atoms with Crippen LogP contribution in [-0.2, 0) is 4.74 Å². The zero-order valence-corrected chi connectivity index (χ0v) is 16.1. The van der Waals surface area contributed by atoms with Gasteiger partial charge in [-0.3, -0.25) is 4.79 Å². The molecule has 0 saturated carbocycles. The molecule has 0 aliphatic carbocycles. The summed E-state index contributed by atoms with van der Waals surface area (Å²) < 4.78 is 7.79. The van der Waals surface area contributed by atoms with Crippen molar-refractivity contribution < 1.29 is 9.53 Å². The Hall–Kier alpha value is -1.96. The monoisotopic (exact) mass is 389 g/mol. The third-order valence-corrected chi connectivity index (χ3v) is 5.70. The van der Waals surface area contributed by atoms with Gasteiger partial charge in [-0.05, 0) is 38.9 Å². The lowest BCUT2D eigenvalue weighted by Gasteiger charge is -2.38. The van der Waals surface area contributed by atoms with Gasteiger partial charge >= 0.3 is 0 Å². The quantitative estimate of drug-likeness (QED) is 0.873. The molecule has 2 aliphatic rings. The van der Waals surface area contributed by atoms with Crippen molar-refractivity contribution in [3.05, 3.63) is 46.7 Å². The van der Waals surface area contributed by atoms with Crippen LogP contribution in [0.1, 0.15) is 48.0 Å². The molecule has 3 heterocycles. The highest BCUT2D eigenvalue weighted by atomic mass is 35.5. The number of morpholine rings is 1. The third kappa shape index (κ3) is 3.85. The molecular weight excluding hydrogens is 366 g/mol. The van der Waals surface area contributed by atoms with Crippen LogP contribution in [0.4, 0.5) is 0 Å². The first-order valence-corrected chi connectivity index (χ1v) is 9.81. The molecule has 144 valence electrons. The molecule has 1 aromatic heterocycles. The van der Waals surface area contributed by atoms with Crippen LogP contribution < -0.4 is 5.32 Å². The number of benzene rings is 1. The second-order valence-corrected chi connectivity index (χ2v) is 7.62. The molecular formula is C19H24ClN5O2.